The first-order valence-corrected chi connectivity index (χ1v) is 21.7. The lowest BCUT2D eigenvalue weighted by molar-refractivity contribution is -0.459. The molecule has 64 heavy (non-hydrogen) atoms. The Morgan fingerprint density at radius 3 is 1.94 bits per heavy atom. The lowest BCUT2D eigenvalue weighted by Crippen LogP contribution is -3.00. The van der Waals surface area contributed by atoms with E-state index in [1.54, 1.807) is 28.9 Å². The summed E-state index contributed by atoms with van der Waals surface area (Å²) < 4.78 is 19.5. The van der Waals surface area contributed by atoms with Crippen molar-refractivity contribution in [2.24, 2.45) is 11.5 Å². The van der Waals surface area contributed by atoms with Gasteiger partial charge in [-0.25, -0.2) is 9.36 Å². The maximum Gasteiger partial charge on any atom is 0.338 e. The molecule has 354 valence electrons. The number of ether oxygens (including phenoxy) is 3. The fraction of sp³-hybridized carbons (Fsp3) is 0.692. The molecule has 5 rings (SSSR count). The number of nitrogens with two attached hydrogens (primary N) is 2. The molecule has 5 heterocycles. The van der Waals surface area contributed by atoms with Gasteiger partial charge >= 0.3 is 5.96 Å². The Kier molecular flexibility index (Phi) is 21.6. The summed E-state index contributed by atoms with van der Waals surface area (Å²) in [5, 5.41) is 30.9. The molecule has 0 unspecified atom stereocenters. The van der Waals surface area contributed by atoms with Crippen LogP contribution in [0.3, 0.4) is 0 Å². The summed E-state index contributed by atoms with van der Waals surface area (Å²) in [5.74, 6) is 3.61. The molecule has 24 nitrogen and oxygen atoms in total. The van der Waals surface area contributed by atoms with Crippen LogP contribution in [0.25, 0.3) is 0 Å². The second-order valence-corrected chi connectivity index (χ2v) is 15.3. The van der Waals surface area contributed by atoms with E-state index in [4.69, 9.17) is 47.1 Å². The molecule has 3 aromatic rings. The van der Waals surface area contributed by atoms with Crippen molar-refractivity contribution in [3.05, 3.63) is 23.8 Å². The summed E-state index contributed by atoms with van der Waals surface area (Å²) in [4.78, 5) is 52.4. The minimum atomic E-state index is -0.978. The van der Waals surface area contributed by atoms with E-state index in [-0.39, 0.29) is 36.8 Å². The van der Waals surface area contributed by atoms with Crippen LogP contribution in [0.4, 0.5) is 17.8 Å². The lowest BCUT2D eigenvalue weighted by atomic mass is 10.1. The number of aliphatic hydroxyl groups excluding tert-OH is 1. The van der Waals surface area contributed by atoms with Crippen molar-refractivity contribution in [3.63, 3.8) is 0 Å². The number of quaternary nitrogens is 1. The average molecular weight is 919 g/mol. The van der Waals surface area contributed by atoms with E-state index < -0.39 is 18.2 Å². The van der Waals surface area contributed by atoms with E-state index in [9.17, 15) is 14.7 Å². The first-order chi connectivity index (χ1) is 30.6. The van der Waals surface area contributed by atoms with E-state index in [1.165, 1.54) is 4.68 Å². The average Bonchev–Trinajstić information content (AvgIpc) is 3.96. The minimum absolute atomic E-state index is 0. The number of anilines is 3. The van der Waals surface area contributed by atoms with Crippen molar-refractivity contribution in [2.75, 3.05) is 127 Å². The Balaban J connectivity index is 0.00000898. The maximum atomic E-state index is 13.8. The molecule has 2 saturated heterocycles. The second kappa shape index (κ2) is 27.0. The number of aryl methyl sites for hydroxylation is 2. The number of carbonyl (C=O) groups is 2. The van der Waals surface area contributed by atoms with E-state index >= 15 is 0 Å². The normalized spacial score (nSPS) is 15.5. The van der Waals surface area contributed by atoms with Crippen molar-refractivity contribution >= 4 is 35.6 Å². The highest BCUT2D eigenvalue weighted by Crippen LogP contribution is 2.23. The number of aromatic nitrogens is 9. The number of nitrogens with one attached hydrogen (secondary N) is 2. The first kappa shape index (κ1) is 51.2. The number of terminal acetylenes is 1. The Hall–Kier alpha value is -5.45. The number of rotatable bonds is 26. The third kappa shape index (κ3) is 15.7. The smallest absolute Gasteiger partial charge is 0.338 e. The fourth-order valence-electron chi connectivity index (χ4n) is 7.05. The Labute approximate surface area is 380 Å². The molecular formula is C39H66ClN18O6+. The first-order valence-electron chi connectivity index (χ1n) is 21.7. The number of carbonyl (C=O) groups excluding carboxylic acids is 2. The number of hydrogen-bond acceptors (Lipinski definition) is 16. The van der Waals surface area contributed by atoms with Crippen LogP contribution in [0, 0.1) is 12.3 Å². The summed E-state index contributed by atoms with van der Waals surface area (Å²) in [5.41, 5.74) is 16.4. The summed E-state index contributed by atoms with van der Waals surface area (Å²) in [6.45, 7) is 11.2. The molecule has 2 aliphatic rings. The van der Waals surface area contributed by atoms with Crippen LogP contribution in [0.1, 0.15) is 56.6 Å². The molecule has 10 N–H and O–H groups in total. The number of piperazine rings is 2. The van der Waals surface area contributed by atoms with Gasteiger partial charge in [-0.3, -0.25) is 26.0 Å². The van der Waals surface area contributed by atoms with E-state index in [0.717, 1.165) is 43.6 Å². The van der Waals surface area contributed by atoms with E-state index in [2.05, 4.69) is 42.6 Å². The Morgan fingerprint density at radius 1 is 0.812 bits per heavy atom. The number of unbranched alkanes of at least 4 members (excludes halogenated alkanes) is 1. The number of aliphatic hydroxyl groups is 1. The number of guanidine groups is 1. The largest absolute Gasteiger partial charge is 1.00 e. The van der Waals surface area contributed by atoms with E-state index in [0.29, 0.717) is 123 Å². The monoisotopic (exact) mass is 918 g/mol. The Morgan fingerprint density at radius 2 is 1.36 bits per heavy atom. The highest BCUT2D eigenvalue weighted by atomic mass is 35.5. The molecule has 0 aromatic carbocycles. The van der Waals surface area contributed by atoms with Gasteiger partial charge in [0.05, 0.1) is 63.6 Å². The van der Waals surface area contributed by atoms with Gasteiger partial charge in [0.25, 0.3) is 0 Å². The fourth-order valence-corrected chi connectivity index (χ4v) is 7.05. The molecule has 2 fully saturated rings. The third-order valence-electron chi connectivity index (χ3n) is 10.6. The van der Waals surface area contributed by atoms with Crippen LogP contribution >= 0.6 is 0 Å². The van der Waals surface area contributed by atoms with Crippen LogP contribution < -0.4 is 49.7 Å². The number of hydrogen-bond donors (Lipinski definition) is 6. The number of halogens is 1. The van der Waals surface area contributed by atoms with Crippen LogP contribution in [0.5, 0.6) is 0 Å². The van der Waals surface area contributed by atoms with Gasteiger partial charge in [0.1, 0.15) is 12.6 Å². The topological polar surface area (TPSA) is 301 Å². The molecule has 2 amide bonds. The summed E-state index contributed by atoms with van der Waals surface area (Å²) in [7, 11) is 0. The molecule has 2 aliphatic heterocycles. The van der Waals surface area contributed by atoms with Crippen molar-refractivity contribution in [3.8, 4) is 12.3 Å². The SMILES string of the molecule is C#CCOCCOCCOCCNc1nc(N2CCN(C(=O)[C@H]([C@@H](C)O)n3cc(CCCC[NH3+])nn3)CC2)nc(N2CCN(C(=O)[C@H](C)n3cc(CCC[NH+]=C(N)N)nn3)CC2)n1.[Cl-]. The molecule has 3 atom stereocenters. The predicted molar refractivity (Wildman–Crippen MR) is 231 cm³/mol. The van der Waals surface area contributed by atoms with Gasteiger partial charge in [-0.1, -0.05) is 16.3 Å². The van der Waals surface area contributed by atoms with Gasteiger partial charge in [0, 0.05) is 71.3 Å². The summed E-state index contributed by atoms with van der Waals surface area (Å²) >= 11 is 0. The van der Waals surface area contributed by atoms with Gasteiger partial charge < -0.3 is 62.4 Å². The molecule has 0 bridgehead atoms. The zero-order valence-electron chi connectivity index (χ0n) is 37.1. The maximum absolute atomic E-state index is 13.8. The standard InChI is InChI=1S/C39H64N18O6.ClH/c1-4-21-61-23-25-63-26-24-62-22-12-44-37-45-38(54-17-13-52(14-18-54)34(59)29(2)56-27-32(48-50-56)9-7-11-43-36(41)42)47-39(46-37)55-19-15-53(16-20-55)35(60)33(30(3)58)57-28-31(49-51-57)8-5-6-10-40;/h1,27-30,33,58H,5-26,40H2,2-3H3,(H4,41,42,43)(H,44,45,46,47);1H/p+1/t29-,30+,33-;/m0./s1. The van der Waals surface area contributed by atoms with Crippen molar-refractivity contribution < 1.29 is 52.0 Å². The predicted octanol–water partition coefficient (Wildman–Crippen LogP) is -7.81. The van der Waals surface area contributed by atoms with Crippen LogP contribution in [0.2, 0.25) is 0 Å². The molecule has 0 saturated carbocycles. The Bertz CT molecular complexity index is 1920. The molecule has 3 aromatic heterocycles. The van der Waals surface area contributed by atoms with Crippen molar-refractivity contribution in [2.45, 2.75) is 64.1 Å². The van der Waals surface area contributed by atoms with Gasteiger partial charge in [-0.05, 0) is 46.0 Å². The second-order valence-electron chi connectivity index (χ2n) is 15.3. The quantitative estimate of drug-likeness (QED) is 0.0189. The van der Waals surface area contributed by atoms with Crippen molar-refractivity contribution in [1.29, 1.82) is 0 Å². The molecular weight excluding hydrogens is 852 g/mol. The van der Waals surface area contributed by atoms with Crippen LogP contribution in [0.15, 0.2) is 12.4 Å². The zero-order chi connectivity index (χ0) is 45.0. The summed E-state index contributed by atoms with van der Waals surface area (Å²) in [6.07, 6.45) is 11.8. The molecule has 25 heteroatoms. The van der Waals surface area contributed by atoms with Gasteiger partial charge in [-0.2, -0.15) is 15.0 Å². The van der Waals surface area contributed by atoms with Crippen molar-refractivity contribution in [1.82, 2.24) is 54.7 Å². The zero-order valence-corrected chi connectivity index (χ0v) is 37.8. The molecule has 0 radical (unpaired) electrons. The highest BCUT2D eigenvalue weighted by molar-refractivity contribution is 5.81. The summed E-state index contributed by atoms with van der Waals surface area (Å²) in [6, 6.07) is -1.43. The minimum Gasteiger partial charge on any atom is -1.00 e. The van der Waals surface area contributed by atoms with E-state index in [1.807, 2.05) is 21.6 Å². The lowest BCUT2D eigenvalue weighted by Gasteiger charge is -2.38. The van der Waals surface area contributed by atoms with Gasteiger partial charge in [0.15, 0.2) is 6.04 Å². The number of nitrogens with zero attached hydrogens (tertiary/aromatic N) is 13. The van der Waals surface area contributed by atoms with Crippen LogP contribution in [-0.4, -0.2) is 195 Å². The molecule has 0 spiro atoms. The third-order valence-corrected chi connectivity index (χ3v) is 10.6. The number of amides is 2. The van der Waals surface area contributed by atoms with Gasteiger partial charge in [-0.15, -0.1) is 16.6 Å². The highest BCUT2D eigenvalue weighted by Gasteiger charge is 2.34. The molecule has 0 aliphatic carbocycles. The van der Waals surface area contributed by atoms with Crippen LogP contribution in [-0.2, 0) is 36.6 Å². The van der Waals surface area contributed by atoms with Gasteiger partial charge in [0.2, 0.25) is 29.7 Å².